The summed E-state index contributed by atoms with van der Waals surface area (Å²) in [6.45, 7) is 6.72. The first-order chi connectivity index (χ1) is 22.0. The zero-order valence-corrected chi connectivity index (χ0v) is 26.2. The van der Waals surface area contributed by atoms with Gasteiger partial charge in [0.2, 0.25) is 0 Å². The number of carbonyl (C=O) groups is 1. The Labute approximate surface area is 263 Å². The quantitative estimate of drug-likeness (QED) is 0.231. The van der Waals surface area contributed by atoms with Crippen molar-refractivity contribution in [3.8, 4) is 16.9 Å². The molecule has 1 N–H and O–H groups in total. The average molecular weight is 608 g/mol. The number of rotatable bonds is 8. The molecule has 2 aliphatic rings. The second kappa shape index (κ2) is 12.7. The van der Waals surface area contributed by atoms with Gasteiger partial charge >= 0.3 is 5.97 Å². The normalized spacial score (nSPS) is 16.2. The van der Waals surface area contributed by atoms with Crippen LogP contribution in [0, 0.1) is 0 Å². The van der Waals surface area contributed by atoms with Gasteiger partial charge in [0.15, 0.2) is 0 Å². The predicted octanol–water partition coefficient (Wildman–Crippen LogP) is 5.57. The SMILES string of the molecule is CN1CCCn2c(C(=O)O)c(CCCOc3cccc4ccccc34)c3cccc(c32)-c2c(CN3CCOCC3)nn(C)c2C1. The minimum atomic E-state index is -0.882. The molecule has 0 atom stereocenters. The highest BCUT2D eigenvalue weighted by molar-refractivity contribution is 6.04. The van der Waals surface area contributed by atoms with Gasteiger partial charge in [0, 0.05) is 61.7 Å². The van der Waals surface area contributed by atoms with Crippen molar-refractivity contribution in [1.82, 2.24) is 24.1 Å². The number of para-hydroxylation sites is 1. The molecule has 234 valence electrons. The van der Waals surface area contributed by atoms with E-state index in [0.717, 1.165) is 108 Å². The van der Waals surface area contributed by atoms with Gasteiger partial charge in [0.25, 0.3) is 0 Å². The Morgan fingerprint density at radius 1 is 0.956 bits per heavy atom. The van der Waals surface area contributed by atoms with Gasteiger partial charge in [-0.05, 0) is 49.9 Å². The van der Waals surface area contributed by atoms with Crippen molar-refractivity contribution in [1.29, 1.82) is 0 Å². The number of aryl methyl sites for hydroxylation is 3. The molecule has 0 saturated carbocycles. The first kappa shape index (κ1) is 29.5. The number of carboxylic acid groups (broad SMARTS) is 1. The Morgan fingerprint density at radius 2 is 1.73 bits per heavy atom. The van der Waals surface area contributed by atoms with E-state index in [-0.39, 0.29) is 0 Å². The number of carboxylic acids is 1. The van der Waals surface area contributed by atoms with E-state index in [0.29, 0.717) is 31.7 Å². The molecule has 9 nitrogen and oxygen atoms in total. The molecule has 2 aliphatic heterocycles. The highest BCUT2D eigenvalue weighted by atomic mass is 16.5. The van der Waals surface area contributed by atoms with Crippen molar-refractivity contribution < 1.29 is 19.4 Å². The highest BCUT2D eigenvalue weighted by Crippen LogP contribution is 2.39. The zero-order chi connectivity index (χ0) is 30.9. The molecule has 0 spiro atoms. The maximum atomic E-state index is 13.0. The molecule has 9 heteroatoms. The number of benzene rings is 3. The highest BCUT2D eigenvalue weighted by Gasteiger charge is 2.29. The van der Waals surface area contributed by atoms with Gasteiger partial charge in [-0.2, -0.15) is 5.10 Å². The summed E-state index contributed by atoms with van der Waals surface area (Å²) in [7, 11) is 4.17. The van der Waals surface area contributed by atoms with Gasteiger partial charge in [-0.3, -0.25) is 9.58 Å². The van der Waals surface area contributed by atoms with Gasteiger partial charge in [0.1, 0.15) is 11.4 Å². The summed E-state index contributed by atoms with van der Waals surface area (Å²) in [6.07, 6.45) is 2.17. The van der Waals surface area contributed by atoms with Crippen LogP contribution in [0.25, 0.3) is 32.8 Å². The van der Waals surface area contributed by atoms with Crippen molar-refractivity contribution in [3.63, 3.8) is 0 Å². The summed E-state index contributed by atoms with van der Waals surface area (Å²) >= 11 is 0. The fraction of sp³-hybridized carbons (Fsp3) is 0.389. The van der Waals surface area contributed by atoms with Crippen LogP contribution in [0.5, 0.6) is 5.75 Å². The van der Waals surface area contributed by atoms with E-state index >= 15 is 0 Å². The first-order valence-electron chi connectivity index (χ1n) is 16.0. The van der Waals surface area contributed by atoms with Crippen LogP contribution in [-0.2, 0) is 37.8 Å². The maximum absolute atomic E-state index is 13.0. The third-order valence-corrected chi connectivity index (χ3v) is 9.29. The van der Waals surface area contributed by atoms with Gasteiger partial charge in [-0.25, -0.2) is 4.79 Å². The van der Waals surface area contributed by atoms with E-state index in [4.69, 9.17) is 14.6 Å². The lowest BCUT2D eigenvalue weighted by Crippen LogP contribution is -2.35. The number of ether oxygens (including phenoxy) is 2. The Bertz CT molecular complexity index is 1850. The third-order valence-electron chi connectivity index (χ3n) is 9.29. The summed E-state index contributed by atoms with van der Waals surface area (Å²) in [4.78, 5) is 17.7. The molecule has 0 unspecified atom stereocenters. The van der Waals surface area contributed by atoms with E-state index in [2.05, 4.69) is 57.8 Å². The molecule has 2 aromatic heterocycles. The number of hydrogen-bond donors (Lipinski definition) is 1. The number of aromatic carboxylic acids is 1. The molecular weight excluding hydrogens is 566 g/mol. The maximum Gasteiger partial charge on any atom is 0.352 e. The van der Waals surface area contributed by atoms with E-state index in [1.54, 1.807) is 0 Å². The molecule has 1 saturated heterocycles. The van der Waals surface area contributed by atoms with Crippen molar-refractivity contribution in [3.05, 3.63) is 83.3 Å². The van der Waals surface area contributed by atoms with Crippen LogP contribution >= 0.6 is 0 Å². The minimum absolute atomic E-state index is 0.394. The van der Waals surface area contributed by atoms with Crippen LogP contribution in [0.3, 0.4) is 0 Å². The summed E-state index contributed by atoms with van der Waals surface area (Å²) < 4.78 is 16.0. The second-order valence-corrected chi connectivity index (χ2v) is 12.3. The van der Waals surface area contributed by atoms with Crippen LogP contribution in [0.4, 0.5) is 0 Å². The second-order valence-electron chi connectivity index (χ2n) is 12.3. The molecule has 45 heavy (non-hydrogen) atoms. The molecule has 4 heterocycles. The van der Waals surface area contributed by atoms with Crippen LogP contribution in [0.1, 0.15) is 40.3 Å². The standard InChI is InChI=1S/C36H41N5O4/c1-38-16-8-17-41-34-27(12-6-13-29(34)33-30(37-39(2)31(33)24-38)23-40-18-21-44-22-19-40)28(35(41)36(42)43)14-7-20-45-32-15-5-10-25-9-3-4-11-26(25)32/h3-6,9-13,15H,7-8,14,16-24H2,1-2H3,(H,42,43). The van der Waals surface area contributed by atoms with Crippen LogP contribution < -0.4 is 4.74 Å². The molecule has 0 amide bonds. The fourth-order valence-corrected chi connectivity index (χ4v) is 7.18. The van der Waals surface area contributed by atoms with E-state index < -0.39 is 5.97 Å². The molecule has 3 aromatic carbocycles. The number of nitrogens with zero attached hydrogens (tertiary/aromatic N) is 5. The largest absolute Gasteiger partial charge is 0.493 e. The monoisotopic (exact) mass is 607 g/mol. The van der Waals surface area contributed by atoms with Crippen molar-refractivity contribution in [2.75, 3.05) is 46.5 Å². The van der Waals surface area contributed by atoms with Crippen LogP contribution in [-0.4, -0.2) is 81.7 Å². The lowest BCUT2D eigenvalue weighted by molar-refractivity contribution is 0.0336. The molecular formula is C36H41N5O4. The third kappa shape index (κ3) is 5.72. The Kier molecular flexibility index (Phi) is 8.31. The van der Waals surface area contributed by atoms with Crippen molar-refractivity contribution in [2.24, 2.45) is 7.05 Å². The van der Waals surface area contributed by atoms with Crippen LogP contribution in [0.15, 0.2) is 60.7 Å². The summed E-state index contributed by atoms with van der Waals surface area (Å²) in [6, 6.07) is 20.6. The summed E-state index contributed by atoms with van der Waals surface area (Å²) in [5.74, 6) is -0.0248. The predicted molar refractivity (Wildman–Crippen MR) is 176 cm³/mol. The molecule has 0 bridgehead atoms. The Hall–Kier alpha value is -4.18. The summed E-state index contributed by atoms with van der Waals surface area (Å²) in [5, 5.41) is 19.0. The van der Waals surface area contributed by atoms with Crippen LogP contribution in [0.2, 0.25) is 0 Å². The lowest BCUT2D eigenvalue weighted by Gasteiger charge is -2.26. The smallest absolute Gasteiger partial charge is 0.352 e. The molecule has 0 radical (unpaired) electrons. The summed E-state index contributed by atoms with van der Waals surface area (Å²) in [5.41, 5.74) is 6.66. The fourth-order valence-electron chi connectivity index (χ4n) is 7.18. The van der Waals surface area contributed by atoms with Crippen molar-refractivity contribution in [2.45, 2.75) is 38.9 Å². The van der Waals surface area contributed by atoms with E-state index in [9.17, 15) is 9.90 Å². The van der Waals surface area contributed by atoms with Gasteiger partial charge in [-0.1, -0.05) is 54.6 Å². The lowest BCUT2D eigenvalue weighted by atomic mass is 9.97. The Balaban J connectivity index is 1.28. The number of aromatic nitrogens is 3. The number of fused-ring (bicyclic) bond motifs is 3. The topological polar surface area (TPSA) is 85.0 Å². The molecule has 1 fully saturated rings. The van der Waals surface area contributed by atoms with E-state index in [1.165, 1.54) is 0 Å². The van der Waals surface area contributed by atoms with Gasteiger partial charge < -0.3 is 24.0 Å². The molecule has 5 aromatic rings. The minimum Gasteiger partial charge on any atom is -0.493 e. The Morgan fingerprint density at radius 3 is 2.58 bits per heavy atom. The average Bonchev–Trinajstić information content (AvgIpc) is 3.53. The zero-order valence-electron chi connectivity index (χ0n) is 26.2. The van der Waals surface area contributed by atoms with Gasteiger partial charge in [0.05, 0.1) is 36.7 Å². The van der Waals surface area contributed by atoms with E-state index in [1.807, 2.05) is 36.0 Å². The van der Waals surface area contributed by atoms with Crippen molar-refractivity contribution >= 4 is 27.6 Å². The molecule has 7 rings (SSSR count). The first-order valence-corrected chi connectivity index (χ1v) is 16.0. The van der Waals surface area contributed by atoms with Gasteiger partial charge in [-0.15, -0.1) is 0 Å². The molecule has 0 aliphatic carbocycles. The number of morpholine rings is 1. The number of hydrogen-bond acceptors (Lipinski definition) is 6.